The Labute approximate surface area is 123 Å². The normalized spacial score (nSPS) is 15.5. The van der Waals surface area contributed by atoms with Crippen LogP contribution in [-0.4, -0.2) is 35.0 Å². The van der Waals surface area contributed by atoms with Gasteiger partial charge in [0.15, 0.2) is 5.76 Å². The molecule has 3 heterocycles. The van der Waals surface area contributed by atoms with Gasteiger partial charge in [-0.3, -0.25) is 4.79 Å². The van der Waals surface area contributed by atoms with E-state index >= 15 is 0 Å². The Morgan fingerprint density at radius 3 is 2.64 bits per heavy atom. The molecule has 1 aliphatic heterocycles. The van der Waals surface area contributed by atoms with Crippen LogP contribution in [0.3, 0.4) is 0 Å². The zero-order chi connectivity index (χ0) is 15.7. The first kappa shape index (κ1) is 14.4. The molecule has 1 saturated heterocycles. The molecule has 2 aromatic rings. The topological polar surface area (TPSA) is 55.6 Å². The lowest BCUT2D eigenvalue weighted by Gasteiger charge is -2.38. The number of rotatable bonds is 3. The van der Waals surface area contributed by atoms with Gasteiger partial charge in [0.05, 0.1) is 24.9 Å². The largest absolute Gasteiger partial charge is 0.471 e. The van der Waals surface area contributed by atoms with Crippen molar-refractivity contribution in [2.24, 2.45) is 0 Å². The zero-order valence-corrected chi connectivity index (χ0v) is 11.2. The van der Waals surface area contributed by atoms with E-state index < -0.39 is 11.7 Å². The molecule has 0 atom stereocenters. The third kappa shape index (κ3) is 2.90. The van der Waals surface area contributed by atoms with Gasteiger partial charge in [-0.05, 0) is 18.2 Å². The van der Waals surface area contributed by atoms with Gasteiger partial charge < -0.3 is 14.1 Å². The molecule has 1 fully saturated rings. The highest BCUT2D eigenvalue weighted by Gasteiger charge is 2.35. The number of halogens is 3. The van der Waals surface area contributed by atoms with Gasteiger partial charge in [0.1, 0.15) is 6.10 Å². The number of likely N-dealkylation sites (tertiary alicyclic amines) is 1. The molecular weight excluding hydrogens is 301 g/mol. The fraction of sp³-hybridized carbons (Fsp3) is 0.286. The van der Waals surface area contributed by atoms with Gasteiger partial charge in [-0.1, -0.05) is 0 Å². The molecule has 1 aliphatic rings. The van der Waals surface area contributed by atoms with E-state index in [9.17, 15) is 18.0 Å². The lowest BCUT2D eigenvalue weighted by atomic mass is 10.1. The Morgan fingerprint density at radius 2 is 2.09 bits per heavy atom. The van der Waals surface area contributed by atoms with Crippen LogP contribution < -0.4 is 4.74 Å². The van der Waals surface area contributed by atoms with Gasteiger partial charge >= 0.3 is 6.18 Å². The van der Waals surface area contributed by atoms with Crippen molar-refractivity contribution in [3.8, 4) is 5.88 Å². The van der Waals surface area contributed by atoms with Gasteiger partial charge in [-0.25, -0.2) is 4.98 Å². The molecule has 0 radical (unpaired) electrons. The van der Waals surface area contributed by atoms with Crippen LogP contribution in [0.15, 0.2) is 41.1 Å². The number of hydrogen-bond acceptors (Lipinski definition) is 4. The molecule has 2 aromatic heterocycles. The molecule has 0 N–H and O–H groups in total. The van der Waals surface area contributed by atoms with E-state index in [-0.39, 0.29) is 23.7 Å². The first-order valence-corrected chi connectivity index (χ1v) is 6.46. The summed E-state index contributed by atoms with van der Waals surface area (Å²) in [4.78, 5) is 17.0. The molecule has 116 valence electrons. The fourth-order valence-corrected chi connectivity index (χ4v) is 2.02. The second kappa shape index (κ2) is 5.36. The van der Waals surface area contributed by atoms with Crippen LogP contribution in [0, 0.1) is 0 Å². The van der Waals surface area contributed by atoms with Crippen molar-refractivity contribution in [3.05, 3.63) is 48.0 Å². The maximum absolute atomic E-state index is 12.4. The molecule has 0 aliphatic carbocycles. The summed E-state index contributed by atoms with van der Waals surface area (Å²) in [6.45, 7) is 0.671. The number of furan rings is 1. The third-order valence-electron chi connectivity index (χ3n) is 3.22. The van der Waals surface area contributed by atoms with E-state index in [1.807, 2.05) is 0 Å². The Balaban J connectivity index is 1.53. The molecule has 0 unspecified atom stereocenters. The number of carbonyl (C=O) groups is 1. The highest BCUT2D eigenvalue weighted by molar-refractivity contribution is 5.92. The molecule has 0 saturated carbocycles. The van der Waals surface area contributed by atoms with Crippen LogP contribution in [0.1, 0.15) is 16.1 Å². The van der Waals surface area contributed by atoms with Crippen molar-refractivity contribution in [1.82, 2.24) is 9.88 Å². The molecule has 3 rings (SSSR count). The lowest BCUT2D eigenvalue weighted by Crippen LogP contribution is -2.56. The predicted octanol–water partition coefficient (Wildman–Crippen LogP) is 2.60. The average Bonchev–Trinajstić information content (AvgIpc) is 2.95. The van der Waals surface area contributed by atoms with Crippen molar-refractivity contribution in [2.75, 3.05) is 13.1 Å². The molecule has 22 heavy (non-hydrogen) atoms. The van der Waals surface area contributed by atoms with E-state index in [1.165, 1.54) is 17.2 Å². The van der Waals surface area contributed by atoms with Crippen molar-refractivity contribution < 1.29 is 27.1 Å². The summed E-state index contributed by atoms with van der Waals surface area (Å²) in [6.07, 6.45) is -2.58. The lowest BCUT2D eigenvalue weighted by molar-refractivity contribution is -0.137. The summed E-state index contributed by atoms with van der Waals surface area (Å²) in [5.74, 6) is 0.0967. The van der Waals surface area contributed by atoms with E-state index in [1.54, 1.807) is 12.1 Å². The van der Waals surface area contributed by atoms with Gasteiger partial charge in [0, 0.05) is 12.3 Å². The number of alkyl halides is 3. The van der Waals surface area contributed by atoms with Crippen molar-refractivity contribution in [2.45, 2.75) is 12.3 Å². The summed E-state index contributed by atoms with van der Waals surface area (Å²) >= 11 is 0. The predicted molar refractivity (Wildman–Crippen MR) is 68.3 cm³/mol. The summed E-state index contributed by atoms with van der Waals surface area (Å²) in [5, 5.41) is 0. The van der Waals surface area contributed by atoms with E-state index in [4.69, 9.17) is 9.15 Å². The van der Waals surface area contributed by atoms with Crippen LogP contribution in [-0.2, 0) is 6.18 Å². The maximum atomic E-state index is 12.4. The first-order valence-electron chi connectivity index (χ1n) is 6.46. The summed E-state index contributed by atoms with van der Waals surface area (Å²) in [7, 11) is 0. The van der Waals surface area contributed by atoms with Gasteiger partial charge in [-0.2, -0.15) is 13.2 Å². The van der Waals surface area contributed by atoms with Crippen LogP contribution in [0.4, 0.5) is 13.2 Å². The van der Waals surface area contributed by atoms with Crippen LogP contribution in [0.25, 0.3) is 0 Å². The number of hydrogen-bond donors (Lipinski definition) is 0. The number of pyridine rings is 1. The molecule has 0 bridgehead atoms. The minimum Gasteiger partial charge on any atom is -0.471 e. The average molecular weight is 312 g/mol. The Hall–Kier alpha value is -2.51. The fourth-order valence-electron chi connectivity index (χ4n) is 2.02. The highest BCUT2D eigenvalue weighted by atomic mass is 19.4. The molecule has 1 amide bonds. The monoisotopic (exact) mass is 312 g/mol. The number of aromatic nitrogens is 1. The Kier molecular flexibility index (Phi) is 3.51. The number of carbonyl (C=O) groups excluding carboxylic acids is 1. The van der Waals surface area contributed by atoms with E-state index in [2.05, 4.69) is 4.98 Å². The standard InChI is InChI=1S/C14H11F3N2O3/c15-14(16,17)9-3-4-12(18-6-9)22-10-7-19(8-10)13(20)11-2-1-5-21-11/h1-6,10H,7-8H2. The highest BCUT2D eigenvalue weighted by Crippen LogP contribution is 2.29. The minimum atomic E-state index is -4.42. The minimum absolute atomic E-state index is 0.100. The molecule has 0 aromatic carbocycles. The summed E-state index contributed by atoms with van der Waals surface area (Å²) in [6, 6.07) is 5.26. The third-order valence-corrected chi connectivity index (χ3v) is 3.22. The van der Waals surface area contributed by atoms with Gasteiger partial charge in [0.2, 0.25) is 5.88 Å². The Morgan fingerprint density at radius 1 is 1.32 bits per heavy atom. The van der Waals surface area contributed by atoms with Gasteiger partial charge in [-0.15, -0.1) is 0 Å². The number of ether oxygens (including phenoxy) is 1. The molecule has 8 heteroatoms. The molecule has 5 nitrogen and oxygen atoms in total. The number of nitrogens with zero attached hydrogens (tertiary/aromatic N) is 2. The molecular formula is C14H11F3N2O3. The van der Waals surface area contributed by atoms with Crippen LogP contribution in [0.5, 0.6) is 5.88 Å². The summed E-state index contributed by atoms with van der Waals surface area (Å²) in [5.41, 5.74) is -0.830. The van der Waals surface area contributed by atoms with Crippen molar-refractivity contribution in [1.29, 1.82) is 0 Å². The molecule has 0 spiro atoms. The SMILES string of the molecule is O=C(c1ccco1)N1CC(Oc2ccc(C(F)(F)F)cn2)C1. The second-order valence-electron chi connectivity index (χ2n) is 4.81. The van der Waals surface area contributed by atoms with E-state index in [0.717, 1.165) is 12.3 Å². The van der Waals surface area contributed by atoms with Gasteiger partial charge in [0.25, 0.3) is 5.91 Å². The Bertz CT molecular complexity index is 647. The second-order valence-corrected chi connectivity index (χ2v) is 4.81. The smallest absolute Gasteiger partial charge is 0.417 e. The van der Waals surface area contributed by atoms with Crippen molar-refractivity contribution in [3.63, 3.8) is 0 Å². The quantitative estimate of drug-likeness (QED) is 0.874. The number of amides is 1. The summed E-state index contributed by atoms with van der Waals surface area (Å²) < 4.78 is 47.6. The maximum Gasteiger partial charge on any atom is 0.417 e. The van der Waals surface area contributed by atoms with Crippen LogP contribution >= 0.6 is 0 Å². The van der Waals surface area contributed by atoms with E-state index in [0.29, 0.717) is 13.1 Å². The first-order chi connectivity index (χ1) is 10.4. The zero-order valence-electron chi connectivity index (χ0n) is 11.2. The van der Waals surface area contributed by atoms with Crippen molar-refractivity contribution >= 4 is 5.91 Å². The van der Waals surface area contributed by atoms with Crippen LogP contribution in [0.2, 0.25) is 0 Å².